The van der Waals surface area contributed by atoms with Crippen molar-refractivity contribution in [3.05, 3.63) is 42.0 Å². The Morgan fingerprint density at radius 2 is 2.17 bits per heavy atom. The number of H-pyrrole nitrogens is 1. The van der Waals surface area contributed by atoms with E-state index >= 15 is 0 Å². The number of nitrogens with zero attached hydrogens (tertiary/aromatic N) is 2. The van der Waals surface area contributed by atoms with Gasteiger partial charge in [-0.15, -0.1) is 0 Å². The Hall–Kier alpha value is -3.30. The summed E-state index contributed by atoms with van der Waals surface area (Å²) in [5.74, 6) is -0.998. The number of carbonyl (C=O) groups is 3. The van der Waals surface area contributed by atoms with Crippen LogP contribution in [0.1, 0.15) is 23.1 Å². The van der Waals surface area contributed by atoms with Crippen LogP contribution in [-0.4, -0.2) is 43.9 Å². The molecule has 122 valence electrons. The molecule has 2 aromatic heterocycles. The Morgan fingerprint density at radius 3 is 2.83 bits per heavy atom. The molecule has 0 fully saturated rings. The fraction of sp³-hybridized carbons (Fsp3) is 0.231. The van der Waals surface area contributed by atoms with E-state index in [-0.39, 0.29) is 12.2 Å². The first-order valence-electron chi connectivity index (χ1n) is 6.72. The van der Waals surface area contributed by atoms with Crippen molar-refractivity contribution >= 4 is 17.9 Å². The minimum Gasteiger partial charge on any atom is -0.465 e. The molecule has 10 nitrogen and oxygen atoms in total. The quantitative estimate of drug-likeness (QED) is 0.504. The van der Waals surface area contributed by atoms with Gasteiger partial charge in [0.15, 0.2) is 0 Å². The average Bonchev–Trinajstić information content (AvgIpc) is 3.15. The SMILES string of the molecule is CC(NC(=O)O)C(=O)Nn1cccc1C(=O)NCc1cc[nH]n1. The van der Waals surface area contributed by atoms with Gasteiger partial charge < -0.3 is 15.7 Å². The van der Waals surface area contributed by atoms with Gasteiger partial charge in [0.05, 0.1) is 12.2 Å². The van der Waals surface area contributed by atoms with Crippen LogP contribution in [0.15, 0.2) is 30.6 Å². The molecule has 0 saturated carbocycles. The lowest BCUT2D eigenvalue weighted by Gasteiger charge is -2.14. The van der Waals surface area contributed by atoms with Crippen LogP contribution in [0, 0.1) is 0 Å². The Kier molecular flexibility index (Phi) is 4.97. The average molecular weight is 320 g/mol. The van der Waals surface area contributed by atoms with Crippen LogP contribution in [0.2, 0.25) is 0 Å². The summed E-state index contributed by atoms with van der Waals surface area (Å²) >= 11 is 0. The van der Waals surface area contributed by atoms with Gasteiger partial charge in [-0.3, -0.25) is 24.8 Å². The first-order chi connectivity index (χ1) is 11.0. The van der Waals surface area contributed by atoms with Crippen molar-refractivity contribution in [2.24, 2.45) is 0 Å². The molecule has 2 heterocycles. The zero-order chi connectivity index (χ0) is 16.8. The summed E-state index contributed by atoms with van der Waals surface area (Å²) in [4.78, 5) is 34.5. The van der Waals surface area contributed by atoms with Gasteiger partial charge in [0.1, 0.15) is 11.7 Å². The Labute approximate surface area is 130 Å². The first kappa shape index (κ1) is 16.1. The molecule has 2 aromatic rings. The number of hydrogen-bond donors (Lipinski definition) is 5. The van der Waals surface area contributed by atoms with Crippen LogP contribution in [0.3, 0.4) is 0 Å². The Balaban J connectivity index is 1.97. The zero-order valence-corrected chi connectivity index (χ0v) is 12.2. The van der Waals surface area contributed by atoms with E-state index in [1.54, 1.807) is 18.3 Å². The van der Waals surface area contributed by atoms with E-state index in [9.17, 15) is 14.4 Å². The lowest BCUT2D eigenvalue weighted by molar-refractivity contribution is -0.118. The monoisotopic (exact) mass is 320 g/mol. The summed E-state index contributed by atoms with van der Waals surface area (Å²) in [6.45, 7) is 1.63. The van der Waals surface area contributed by atoms with Crippen LogP contribution in [0.25, 0.3) is 0 Å². The molecule has 0 aliphatic rings. The van der Waals surface area contributed by atoms with Gasteiger partial charge in [-0.05, 0) is 25.1 Å². The number of carboxylic acid groups (broad SMARTS) is 1. The van der Waals surface area contributed by atoms with Gasteiger partial charge in [0, 0.05) is 12.4 Å². The van der Waals surface area contributed by atoms with E-state index in [0.717, 1.165) is 0 Å². The predicted octanol–water partition coefficient (Wildman–Crippen LogP) is -0.133. The second kappa shape index (κ2) is 7.11. The van der Waals surface area contributed by atoms with Crippen LogP contribution in [-0.2, 0) is 11.3 Å². The van der Waals surface area contributed by atoms with Gasteiger partial charge in [-0.25, -0.2) is 4.79 Å². The third kappa shape index (κ3) is 4.33. The summed E-state index contributed by atoms with van der Waals surface area (Å²) in [6.07, 6.45) is 1.81. The molecular weight excluding hydrogens is 304 g/mol. The van der Waals surface area contributed by atoms with Crippen molar-refractivity contribution in [1.82, 2.24) is 25.5 Å². The fourth-order valence-electron chi connectivity index (χ4n) is 1.78. The van der Waals surface area contributed by atoms with E-state index in [2.05, 4.69) is 20.9 Å². The standard InChI is InChI=1S/C13H16N6O4/c1-8(16-13(22)23)11(20)18-19-6-2-3-10(19)12(21)14-7-9-4-5-15-17-9/h2-6,8,16H,7H2,1H3,(H,14,21)(H,15,17)(H,18,20)(H,22,23). The number of nitrogens with one attached hydrogen (secondary N) is 4. The second-order valence-electron chi connectivity index (χ2n) is 4.66. The summed E-state index contributed by atoms with van der Waals surface area (Å²) < 4.78 is 1.22. The van der Waals surface area contributed by atoms with E-state index in [1.165, 1.54) is 23.9 Å². The normalized spacial score (nSPS) is 11.5. The summed E-state index contributed by atoms with van der Waals surface area (Å²) in [5.41, 5.74) is 3.31. The van der Waals surface area contributed by atoms with Gasteiger partial charge in [-0.1, -0.05) is 0 Å². The maximum Gasteiger partial charge on any atom is 0.405 e. The van der Waals surface area contributed by atoms with E-state index in [4.69, 9.17) is 5.11 Å². The fourth-order valence-corrected chi connectivity index (χ4v) is 1.78. The van der Waals surface area contributed by atoms with E-state index in [1.807, 2.05) is 5.32 Å². The molecule has 0 radical (unpaired) electrons. The summed E-state index contributed by atoms with van der Waals surface area (Å²) in [7, 11) is 0. The van der Waals surface area contributed by atoms with E-state index < -0.39 is 23.9 Å². The van der Waals surface area contributed by atoms with Crippen LogP contribution in [0.5, 0.6) is 0 Å². The maximum atomic E-state index is 12.1. The number of aromatic nitrogens is 3. The molecule has 0 aliphatic carbocycles. The highest BCUT2D eigenvalue weighted by Gasteiger charge is 2.18. The predicted molar refractivity (Wildman–Crippen MR) is 79.2 cm³/mol. The first-order valence-corrected chi connectivity index (χ1v) is 6.72. The molecule has 0 aromatic carbocycles. The van der Waals surface area contributed by atoms with Crippen molar-refractivity contribution in [2.75, 3.05) is 5.43 Å². The highest BCUT2D eigenvalue weighted by Crippen LogP contribution is 2.01. The molecule has 10 heteroatoms. The second-order valence-corrected chi connectivity index (χ2v) is 4.66. The van der Waals surface area contributed by atoms with Crippen LogP contribution < -0.4 is 16.1 Å². The Morgan fingerprint density at radius 1 is 1.39 bits per heavy atom. The number of hydrogen-bond acceptors (Lipinski definition) is 4. The highest BCUT2D eigenvalue weighted by molar-refractivity contribution is 5.95. The molecule has 2 rings (SSSR count). The molecule has 0 aliphatic heterocycles. The molecule has 1 atom stereocenters. The number of aromatic amines is 1. The third-order valence-corrected chi connectivity index (χ3v) is 2.93. The third-order valence-electron chi connectivity index (χ3n) is 2.93. The van der Waals surface area contributed by atoms with Crippen molar-refractivity contribution < 1.29 is 19.5 Å². The molecule has 5 N–H and O–H groups in total. The number of rotatable bonds is 6. The molecule has 0 spiro atoms. The zero-order valence-electron chi connectivity index (χ0n) is 12.2. The highest BCUT2D eigenvalue weighted by atomic mass is 16.4. The summed E-state index contributed by atoms with van der Waals surface area (Å²) in [6, 6.07) is 3.87. The number of amides is 3. The molecular formula is C13H16N6O4. The van der Waals surface area contributed by atoms with Gasteiger partial charge >= 0.3 is 6.09 Å². The van der Waals surface area contributed by atoms with Crippen LogP contribution >= 0.6 is 0 Å². The minimum absolute atomic E-state index is 0.205. The van der Waals surface area contributed by atoms with Gasteiger partial charge in [0.25, 0.3) is 11.8 Å². The van der Waals surface area contributed by atoms with Crippen molar-refractivity contribution in [3.8, 4) is 0 Å². The maximum absolute atomic E-state index is 12.1. The van der Waals surface area contributed by atoms with Crippen molar-refractivity contribution in [1.29, 1.82) is 0 Å². The molecule has 1 unspecified atom stereocenters. The van der Waals surface area contributed by atoms with E-state index in [0.29, 0.717) is 5.69 Å². The minimum atomic E-state index is -1.31. The lowest BCUT2D eigenvalue weighted by atomic mass is 10.3. The molecule has 3 amide bonds. The topological polar surface area (TPSA) is 141 Å². The molecule has 0 bridgehead atoms. The summed E-state index contributed by atoms with van der Waals surface area (Å²) in [5, 5.41) is 19.8. The lowest BCUT2D eigenvalue weighted by Crippen LogP contribution is -2.44. The van der Waals surface area contributed by atoms with Crippen molar-refractivity contribution in [3.63, 3.8) is 0 Å². The van der Waals surface area contributed by atoms with Gasteiger partial charge in [-0.2, -0.15) is 5.10 Å². The van der Waals surface area contributed by atoms with Gasteiger partial charge in [0.2, 0.25) is 0 Å². The Bertz CT molecular complexity index is 693. The smallest absolute Gasteiger partial charge is 0.405 e. The van der Waals surface area contributed by atoms with Crippen LogP contribution in [0.4, 0.5) is 4.79 Å². The largest absolute Gasteiger partial charge is 0.465 e. The van der Waals surface area contributed by atoms with Crippen molar-refractivity contribution in [2.45, 2.75) is 19.5 Å². The molecule has 23 heavy (non-hydrogen) atoms. The number of carbonyl (C=O) groups excluding carboxylic acids is 2. The molecule has 0 saturated heterocycles.